The molecule has 1 aromatic heterocycles. The Balaban J connectivity index is 1.76. The molecular weight excluding hydrogens is 310 g/mol. The number of hydrogen-bond donors (Lipinski definition) is 1. The predicted octanol–water partition coefficient (Wildman–Crippen LogP) is 2.24. The number of methoxy groups -OCH3 is 1. The highest BCUT2D eigenvalue weighted by Crippen LogP contribution is 2.17. The lowest BCUT2D eigenvalue weighted by Crippen LogP contribution is -2.40. The number of guanidine groups is 1. The van der Waals surface area contributed by atoms with E-state index in [1.54, 1.807) is 18.4 Å². The second kappa shape index (κ2) is 10.6. The molecule has 23 heavy (non-hydrogen) atoms. The van der Waals surface area contributed by atoms with Gasteiger partial charge in [0.2, 0.25) is 0 Å². The summed E-state index contributed by atoms with van der Waals surface area (Å²) in [6.45, 7) is 8.12. The van der Waals surface area contributed by atoms with Crippen molar-refractivity contribution in [3.05, 3.63) is 22.4 Å². The average molecular weight is 340 g/mol. The number of ether oxygens (including phenoxy) is 2. The Morgan fingerprint density at radius 1 is 1.48 bits per heavy atom. The molecule has 1 N–H and O–H groups in total. The minimum absolute atomic E-state index is 0.591. The number of hydrogen-bond acceptors (Lipinski definition) is 4. The van der Waals surface area contributed by atoms with Gasteiger partial charge in [0.05, 0.1) is 19.8 Å². The van der Waals surface area contributed by atoms with Gasteiger partial charge in [0.1, 0.15) is 0 Å². The number of nitrogens with zero attached hydrogens (tertiary/aromatic N) is 2. The number of nitrogens with one attached hydrogen (secondary N) is 1. The third kappa shape index (κ3) is 6.49. The van der Waals surface area contributed by atoms with Crippen LogP contribution in [0.3, 0.4) is 0 Å². The van der Waals surface area contributed by atoms with E-state index in [4.69, 9.17) is 14.5 Å². The topological polar surface area (TPSA) is 46.1 Å². The molecule has 130 valence electrons. The van der Waals surface area contributed by atoms with Gasteiger partial charge in [-0.15, -0.1) is 11.3 Å². The van der Waals surface area contributed by atoms with Crippen molar-refractivity contribution in [2.75, 3.05) is 53.1 Å². The van der Waals surface area contributed by atoms with Crippen molar-refractivity contribution in [2.24, 2.45) is 10.9 Å². The van der Waals surface area contributed by atoms with Gasteiger partial charge in [-0.1, -0.05) is 6.07 Å². The van der Waals surface area contributed by atoms with Crippen LogP contribution in [0.4, 0.5) is 0 Å². The van der Waals surface area contributed by atoms with E-state index in [0.29, 0.717) is 19.1 Å². The lowest BCUT2D eigenvalue weighted by molar-refractivity contribution is 0.0536. The summed E-state index contributed by atoms with van der Waals surface area (Å²) < 4.78 is 10.7. The van der Waals surface area contributed by atoms with E-state index < -0.39 is 0 Å². The van der Waals surface area contributed by atoms with Gasteiger partial charge in [-0.05, 0) is 24.8 Å². The molecule has 0 bridgehead atoms. The van der Waals surface area contributed by atoms with Crippen LogP contribution in [-0.4, -0.2) is 64.0 Å². The summed E-state index contributed by atoms with van der Waals surface area (Å²) in [5.74, 6) is 1.64. The maximum atomic E-state index is 5.67. The quantitative estimate of drug-likeness (QED) is 0.426. The van der Waals surface area contributed by atoms with Gasteiger partial charge in [-0.3, -0.25) is 4.99 Å². The lowest BCUT2D eigenvalue weighted by Gasteiger charge is -2.21. The van der Waals surface area contributed by atoms with E-state index in [1.807, 2.05) is 0 Å². The Kier molecular flexibility index (Phi) is 8.42. The third-order valence-corrected chi connectivity index (χ3v) is 4.84. The highest BCUT2D eigenvalue weighted by molar-refractivity contribution is 7.09. The molecule has 1 aromatic rings. The van der Waals surface area contributed by atoms with Gasteiger partial charge in [0.15, 0.2) is 5.96 Å². The lowest BCUT2D eigenvalue weighted by atomic mass is 10.1. The molecule has 1 aliphatic rings. The molecule has 1 aliphatic heterocycles. The molecule has 0 spiro atoms. The Hall–Kier alpha value is -1.11. The van der Waals surface area contributed by atoms with Gasteiger partial charge in [0.25, 0.3) is 0 Å². The van der Waals surface area contributed by atoms with Crippen LogP contribution in [0, 0.1) is 5.92 Å². The van der Waals surface area contributed by atoms with E-state index in [0.717, 1.165) is 45.2 Å². The number of aliphatic imine (C=N–C) groups is 1. The highest BCUT2D eigenvalue weighted by atomic mass is 32.1. The van der Waals surface area contributed by atoms with Crippen molar-refractivity contribution >= 4 is 17.3 Å². The van der Waals surface area contributed by atoms with Crippen LogP contribution in [0.15, 0.2) is 22.5 Å². The van der Waals surface area contributed by atoms with Crippen LogP contribution >= 0.6 is 11.3 Å². The van der Waals surface area contributed by atoms with Crippen LogP contribution in [-0.2, 0) is 15.9 Å². The molecule has 0 aromatic carbocycles. The van der Waals surface area contributed by atoms with Gasteiger partial charge in [-0.2, -0.15) is 0 Å². The molecule has 5 nitrogen and oxygen atoms in total. The summed E-state index contributed by atoms with van der Waals surface area (Å²) in [5, 5.41) is 5.54. The minimum atomic E-state index is 0.591. The standard InChI is InChI=1S/C17H29N3O2S/c1-3-18-17(19-8-6-16-5-4-12-23-16)20-9-7-15(13-20)14-22-11-10-21-2/h4-5,12,15H,3,6-11,13-14H2,1-2H3,(H,18,19). The summed E-state index contributed by atoms with van der Waals surface area (Å²) in [5.41, 5.74) is 0. The third-order valence-electron chi connectivity index (χ3n) is 3.91. The normalized spacial score (nSPS) is 18.6. The smallest absolute Gasteiger partial charge is 0.193 e. The second-order valence-corrected chi connectivity index (χ2v) is 6.77. The van der Waals surface area contributed by atoms with Crippen LogP contribution in [0.25, 0.3) is 0 Å². The summed E-state index contributed by atoms with van der Waals surface area (Å²) in [6, 6.07) is 4.28. The van der Waals surface area contributed by atoms with Crippen molar-refractivity contribution in [3.63, 3.8) is 0 Å². The molecule has 0 amide bonds. The molecule has 6 heteroatoms. The highest BCUT2D eigenvalue weighted by Gasteiger charge is 2.24. The predicted molar refractivity (Wildman–Crippen MR) is 96.4 cm³/mol. The van der Waals surface area contributed by atoms with E-state index >= 15 is 0 Å². The van der Waals surface area contributed by atoms with Crippen molar-refractivity contribution in [1.29, 1.82) is 0 Å². The average Bonchev–Trinajstić information content (AvgIpc) is 3.22. The van der Waals surface area contributed by atoms with Crippen LogP contribution in [0.2, 0.25) is 0 Å². The molecule has 1 unspecified atom stereocenters. The monoisotopic (exact) mass is 339 g/mol. The minimum Gasteiger partial charge on any atom is -0.382 e. The second-order valence-electron chi connectivity index (χ2n) is 5.73. The van der Waals surface area contributed by atoms with E-state index in [-0.39, 0.29) is 0 Å². The zero-order chi connectivity index (χ0) is 16.3. The fourth-order valence-corrected chi connectivity index (χ4v) is 3.40. The van der Waals surface area contributed by atoms with E-state index in [9.17, 15) is 0 Å². The number of likely N-dealkylation sites (tertiary alicyclic amines) is 1. The zero-order valence-electron chi connectivity index (χ0n) is 14.3. The maximum Gasteiger partial charge on any atom is 0.193 e. The van der Waals surface area contributed by atoms with Crippen LogP contribution < -0.4 is 5.32 Å². The number of rotatable bonds is 9. The van der Waals surface area contributed by atoms with Crippen molar-refractivity contribution in [2.45, 2.75) is 19.8 Å². The molecule has 1 fully saturated rings. The van der Waals surface area contributed by atoms with Gasteiger partial charge >= 0.3 is 0 Å². The fourth-order valence-electron chi connectivity index (χ4n) is 2.71. The Labute approximate surface area is 143 Å². The fraction of sp³-hybridized carbons (Fsp3) is 0.706. The first-order chi connectivity index (χ1) is 11.3. The summed E-state index contributed by atoms with van der Waals surface area (Å²) in [7, 11) is 1.70. The molecular formula is C17H29N3O2S. The molecule has 0 aliphatic carbocycles. The Bertz CT molecular complexity index is 451. The van der Waals surface area contributed by atoms with Crippen molar-refractivity contribution < 1.29 is 9.47 Å². The Morgan fingerprint density at radius 2 is 2.39 bits per heavy atom. The molecule has 0 radical (unpaired) electrons. The van der Waals surface area contributed by atoms with Crippen molar-refractivity contribution in [1.82, 2.24) is 10.2 Å². The molecule has 1 atom stereocenters. The van der Waals surface area contributed by atoms with Crippen LogP contribution in [0.1, 0.15) is 18.2 Å². The first-order valence-electron chi connectivity index (χ1n) is 8.45. The SMILES string of the molecule is CCNC(=NCCc1cccs1)N1CCC(COCCOC)C1. The first-order valence-corrected chi connectivity index (χ1v) is 9.33. The molecule has 0 saturated carbocycles. The summed E-state index contributed by atoms with van der Waals surface area (Å²) in [4.78, 5) is 8.55. The van der Waals surface area contributed by atoms with Gasteiger partial charge in [-0.25, -0.2) is 0 Å². The van der Waals surface area contributed by atoms with Crippen molar-refractivity contribution in [3.8, 4) is 0 Å². The van der Waals surface area contributed by atoms with E-state index in [2.05, 4.69) is 34.7 Å². The summed E-state index contributed by atoms with van der Waals surface area (Å²) >= 11 is 1.80. The summed E-state index contributed by atoms with van der Waals surface area (Å²) in [6.07, 6.45) is 2.19. The zero-order valence-corrected chi connectivity index (χ0v) is 15.1. The maximum absolute atomic E-state index is 5.67. The molecule has 1 saturated heterocycles. The molecule has 2 rings (SSSR count). The van der Waals surface area contributed by atoms with E-state index in [1.165, 1.54) is 11.3 Å². The Morgan fingerprint density at radius 3 is 3.13 bits per heavy atom. The van der Waals surface area contributed by atoms with Gasteiger partial charge in [0, 0.05) is 50.5 Å². The molecule has 2 heterocycles. The van der Waals surface area contributed by atoms with Crippen LogP contribution in [0.5, 0.6) is 0 Å². The largest absolute Gasteiger partial charge is 0.382 e. The number of thiophene rings is 1. The first kappa shape index (κ1) is 18.2. The van der Waals surface area contributed by atoms with Gasteiger partial charge < -0.3 is 19.7 Å².